The van der Waals surface area contributed by atoms with Gasteiger partial charge in [0.1, 0.15) is 0 Å². The van der Waals surface area contributed by atoms with E-state index in [-0.39, 0.29) is 5.25 Å². The molecule has 0 aromatic carbocycles. The average Bonchev–Trinajstić information content (AvgIpc) is 2.37. The van der Waals surface area contributed by atoms with Crippen LogP contribution in [0.3, 0.4) is 0 Å². The van der Waals surface area contributed by atoms with Crippen molar-refractivity contribution in [1.29, 1.82) is 0 Å². The fourth-order valence-electron chi connectivity index (χ4n) is 0.843. The Kier molecular flexibility index (Phi) is 2.93. The molecule has 1 rings (SSSR count). The predicted octanol–water partition coefficient (Wildman–Crippen LogP) is 1.68. The Bertz CT molecular complexity index is 219. The monoisotopic (exact) mass is 171 g/mol. The summed E-state index contributed by atoms with van der Waals surface area (Å²) in [6, 6.07) is 0. The minimum Gasteiger partial charge on any atom is -0.252 e. The molecule has 62 valence electrons. The molecular formula is C7H13N3S. The number of rotatable bonds is 3. The lowest BCUT2D eigenvalue weighted by Crippen LogP contribution is -1.96. The Morgan fingerprint density at radius 2 is 2.45 bits per heavy atom. The van der Waals surface area contributed by atoms with Crippen LogP contribution in [0.2, 0.25) is 0 Å². The molecular weight excluding hydrogens is 158 g/mol. The zero-order valence-electron chi connectivity index (χ0n) is 6.86. The molecule has 0 N–H and O–H groups in total. The van der Waals surface area contributed by atoms with Gasteiger partial charge in [0.25, 0.3) is 0 Å². The second-order valence-electron chi connectivity index (χ2n) is 2.58. The summed E-state index contributed by atoms with van der Waals surface area (Å²) < 4.78 is 1.85. The molecule has 0 aliphatic heterocycles. The van der Waals surface area contributed by atoms with Crippen molar-refractivity contribution < 1.29 is 0 Å². The fraction of sp³-hybridized carbons (Fsp3) is 0.714. The second kappa shape index (κ2) is 3.76. The van der Waals surface area contributed by atoms with Crippen LogP contribution < -0.4 is 0 Å². The Balaban J connectivity index is 2.66. The van der Waals surface area contributed by atoms with Crippen LogP contribution in [0.15, 0.2) is 6.20 Å². The molecule has 0 aliphatic carbocycles. The Labute approximate surface area is 72.2 Å². The van der Waals surface area contributed by atoms with E-state index in [0.717, 1.165) is 18.7 Å². The number of aromatic nitrogens is 3. The summed E-state index contributed by atoms with van der Waals surface area (Å²) in [5.74, 6) is 0. The maximum atomic E-state index is 4.25. The van der Waals surface area contributed by atoms with Gasteiger partial charge < -0.3 is 0 Å². The van der Waals surface area contributed by atoms with Gasteiger partial charge in [0.2, 0.25) is 0 Å². The van der Waals surface area contributed by atoms with Crippen LogP contribution in [-0.2, 0) is 6.54 Å². The van der Waals surface area contributed by atoms with Gasteiger partial charge in [-0.3, -0.25) is 4.68 Å². The van der Waals surface area contributed by atoms with Crippen molar-refractivity contribution >= 4 is 12.6 Å². The summed E-state index contributed by atoms with van der Waals surface area (Å²) >= 11 is 4.25. The summed E-state index contributed by atoms with van der Waals surface area (Å²) in [6.07, 6.45) is 3.03. The number of nitrogens with zero attached hydrogens (tertiary/aromatic N) is 3. The highest BCUT2D eigenvalue weighted by Crippen LogP contribution is 2.14. The minimum atomic E-state index is 0.181. The first-order valence-corrected chi connectivity index (χ1v) is 4.33. The molecule has 0 spiro atoms. The smallest absolute Gasteiger partial charge is 0.0951 e. The molecule has 1 heterocycles. The van der Waals surface area contributed by atoms with Crippen molar-refractivity contribution in [1.82, 2.24) is 15.0 Å². The van der Waals surface area contributed by atoms with E-state index in [9.17, 15) is 0 Å². The summed E-state index contributed by atoms with van der Waals surface area (Å²) in [7, 11) is 0. The van der Waals surface area contributed by atoms with Crippen molar-refractivity contribution in [3.63, 3.8) is 0 Å². The number of hydrogen-bond acceptors (Lipinski definition) is 3. The molecule has 0 saturated carbocycles. The lowest BCUT2D eigenvalue weighted by atomic mass is 10.4. The summed E-state index contributed by atoms with van der Waals surface area (Å²) in [5.41, 5.74) is 0.946. The van der Waals surface area contributed by atoms with E-state index in [1.165, 1.54) is 0 Å². The fourth-order valence-corrected chi connectivity index (χ4v) is 0.962. The quantitative estimate of drug-likeness (QED) is 0.701. The van der Waals surface area contributed by atoms with Gasteiger partial charge in [-0.15, -0.1) is 5.10 Å². The zero-order valence-corrected chi connectivity index (χ0v) is 7.75. The second-order valence-corrected chi connectivity index (χ2v) is 3.36. The van der Waals surface area contributed by atoms with Crippen LogP contribution in [0.4, 0.5) is 0 Å². The van der Waals surface area contributed by atoms with Crippen molar-refractivity contribution in [3.8, 4) is 0 Å². The third-order valence-corrected chi connectivity index (χ3v) is 1.70. The van der Waals surface area contributed by atoms with Gasteiger partial charge in [-0.05, 0) is 13.3 Å². The molecule has 0 fully saturated rings. The van der Waals surface area contributed by atoms with Crippen molar-refractivity contribution in [2.24, 2.45) is 0 Å². The molecule has 1 atom stereocenters. The van der Waals surface area contributed by atoms with Crippen molar-refractivity contribution in [2.45, 2.75) is 32.1 Å². The molecule has 0 radical (unpaired) electrons. The molecule has 0 aliphatic rings. The molecule has 11 heavy (non-hydrogen) atoms. The summed E-state index contributed by atoms with van der Waals surface area (Å²) in [4.78, 5) is 0. The maximum Gasteiger partial charge on any atom is 0.0951 e. The molecule has 0 saturated heterocycles. The lowest BCUT2D eigenvalue weighted by Gasteiger charge is -1.95. The van der Waals surface area contributed by atoms with Crippen molar-refractivity contribution in [2.75, 3.05) is 0 Å². The highest BCUT2D eigenvalue weighted by molar-refractivity contribution is 7.80. The van der Waals surface area contributed by atoms with Gasteiger partial charge in [-0.1, -0.05) is 12.1 Å². The molecule has 4 heteroatoms. The van der Waals surface area contributed by atoms with Crippen LogP contribution in [0.1, 0.15) is 31.2 Å². The highest BCUT2D eigenvalue weighted by Gasteiger charge is 2.03. The van der Waals surface area contributed by atoms with E-state index in [1.54, 1.807) is 0 Å². The van der Waals surface area contributed by atoms with Crippen LogP contribution in [0.25, 0.3) is 0 Å². The van der Waals surface area contributed by atoms with Crippen LogP contribution >= 0.6 is 12.6 Å². The van der Waals surface area contributed by atoms with E-state index >= 15 is 0 Å². The van der Waals surface area contributed by atoms with Gasteiger partial charge in [0.05, 0.1) is 5.69 Å². The Morgan fingerprint density at radius 1 is 1.73 bits per heavy atom. The lowest BCUT2D eigenvalue weighted by molar-refractivity contribution is 0.579. The average molecular weight is 171 g/mol. The van der Waals surface area contributed by atoms with E-state index < -0.39 is 0 Å². The molecule has 3 nitrogen and oxygen atoms in total. The molecule has 0 bridgehead atoms. The zero-order chi connectivity index (χ0) is 8.27. The normalized spacial score (nSPS) is 13.4. The number of hydrogen-bond donors (Lipinski definition) is 1. The summed E-state index contributed by atoms with van der Waals surface area (Å²) in [6.45, 7) is 5.04. The van der Waals surface area contributed by atoms with Crippen molar-refractivity contribution in [3.05, 3.63) is 11.9 Å². The third kappa shape index (κ3) is 2.22. The SMILES string of the molecule is CCCn1cc(C(C)S)nn1. The van der Waals surface area contributed by atoms with Gasteiger partial charge >= 0.3 is 0 Å². The molecule has 1 aromatic heterocycles. The van der Waals surface area contributed by atoms with Gasteiger partial charge in [0, 0.05) is 18.0 Å². The first kappa shape index (κ1) is 8.59. The first-order valence-electron chi connectivity index (χ1n) is 3.82. The predicted molar refractivity (Wildman–Crippen MR) is 47.7 cm³/mol. The first-order chi connectivity index (χ1) is 5.24. The molecule has 0 amide bonds. The largest absolute Gasteiger partial charge is 0.252 e. The van der Waals surface area contributed by atoms with E-state index in [0.29, 0.717) is 0 Å². The molecule has 1 unspecified atom stereocenters. The number of thiol groups is 1. The topological polar surface area (TPSA) is 30.7 Å². The Hall–Kier alpha value is -0.510. The van der Waals surface area contributed by atoms with E-state index in [4.69, 9.17) is 0 Å². The standard InChI is InChI=1S/C7H13N3S/c1-3-4-10-5-7(6(2)11)8-9-10/h5-6,11H,3-4H2,1-2H3. The van der Waals surface area contributed by atoms with Crippen LogP contribution in [-0.4, -0.2) is 15.0 Å². The minimum absolute atomic E-state index is 0.181. The van der Waals surface area contributed by atoms with Gasteiger partial charge in [0.15, 0.2) is 0 Å². The van der Waals surface area contributed by atoms with E-state index in [1.807, 2.05) is 17.8 Å². The third-order valence-electron chi connectivity index (χ3n) is 1.44. The maximum absolute atomic E-state index is 4.25. The van der Waals surface area contributed by atoms with Gasteiger partial charge in [-0.25, -0.2) is 0 Å². The molecule has 1 aromatic rings. The Morgan fingerprint density at radius 3 is 2.91 bits per heavy atom. The van der Waals surface area contributed by atoms with Crippen LogP contribution in [0, 0.1) is 0 Å². The van der Waals surface area contributed by atoms with Gasteiger partial charge in [-0.2, -0.15) is 12.6 Å². The van der Waals surface area contributed by atoms with Crippen LogP contribution in [0.5, 0.6) is 0 Å². The van der Waals surface area contributed by atoms with E-state index in [2.05, 4.69) is 29.9 Å². The highest BCUT2D eigenvalue weighted by atomic mass is 32.1. The number of aryl methyl sites for hydroxylation is 1. The summed E-state index contributed by atoms with van der Waals surface area (Å²) in [5, 5.41) is 8.10.